The summed E-state index contributed by atoms with van der Waals surface area (Å²) in [5.74, 6) is 0. The lowest BCUT2D eigenvalue weighted by Crippen LogP contribution is -2.13. The number of aryl methyl sites for hydroxylation is 1. The molecule has 2 nitrogen and oxygen atoms in total. The minimum atomic E-state index is 0.128. The first-order valence-corrected chi connectivity index (χ1v) is 12.3. The number of hydrogen-bond donors (Lipinski definition) is 1. The van der Waals surface area contributed by atoms with Crippen LogP contribution in [-0.2, 0) is 11.8 Å². The van der Waals surface area contributed by atoms with Gasteiger partial charge < -0.3 is 10.6 Å². The van der Waals surface area contributed by atoms with Gasteiger partial charge in [0, 0.05) is 22.7 Å². The van der Waals surface area contributed by atoms with Gasteiger partial charge in [0.25, 0.3) is 0 Å². The Balaban J connectivity index is 1.71. The molecule has 0 spiro atoms. The Kier molecular flexibility index (Phi) is 7.07. The fraction of sp³-hybridized carbons (Fsp3) is 0.250. The van der Waals surface area contributed by atoms with Gasteiger partial charge in [-0.1, -0.05) is 82.6 Å². The second-order valence-electron chi connectivity index (χ2n) is 10.1. The largest absolute Gasteiger partial charge is 0.399 e. The highest BCUT2D eigenvalue weighted by atomic mass is 15.1. The summed E-state index contributed by atoms with van der Waals surface area (Å²) in [7, 11) is 0. The van der Waals surface area contributed by atoms with Crippen molar-refractivity contribution in [3.63, 3.8) is 0 Å². The lowest BCUT2D eigenvalue weighted by atomic mass is 9.87. The molecule has 0 saturated heterocycles. The fourth-order valence-electron chi connectivity index (χ4n) is 4.27. The monoisotopic (exact) mass is 448 g/mol. The minimum absolute atomic E-state index is 0.128. The van der Waals surface area contributed by atoms with Crippen LogP contribution in [0.25, 0.3) is 11.1 Å². The number of nitrogen functional groups attached to an aromatic ring is 1. The van der Waals surface area contributed by atoms with Crippen molar-refractivity contribution in [3.8, 4) is 11.1 Å². The number of anilines is 4. The summed E-state index contributed by atoms with van der Waals surface area (Å²) in [5.41, 5.74) is 15.4. The summed E-state index contributed by atoms with van der Waals surface area (Å²) in [6.45, 7) is 9.00. The third-order valence-electron chi connectivity index (χ3n) is 6.35. The van der Waals surface area contributed by atoms with Crippen LogP contribution in [0.2, 0.25) is 0 Å². The SMILES string of the molecule is CCCCc1ccc(N(c2ccc(-c3cccc(N)c3)cc2)c2ccc(C(C)(C)C)cc2)cc1. The Morgan fingerprint density at radius 3 is 1.76 bits per heavy atom. The second kappa shape index (κ2) is 10.2. The molecule has 0 aliphatic rings. The van der Waals surface area contributed by atoms with Crippen LogP contribution < -0.4 is 10.6 Å². The molecule has 0 heterocycles. The molecule has 0 amide bonds. The molecular weight excluding hydrogens is 412 g/mol. The van der Waals surface area contributed by atoms with Crippen molar-refractivity contribution < 1.29 is 0 Å². The molecular formula is C32H36N2. The zero-order valence-corrected chi connectivity index (χ0v) is 20.9. The molecule has 0 bridgehead atoms. The maximum atomic E-state index is 6.00. The highest BCUT2D eigenvalue weighted by molar-refractivity contribution is 5.78. The van der Waals surface area contributed by atoms with Gasteiger partial charge in [-0.25, -0.2) is 0 Å². The molecule has 0 aromatic heterocycles. The second-order valence-corrected chi connectivity index (χ2v) is 10.1. The fourth-order valence-corrected chi connectivity index (χ4v) is 4.27. The Labute approximate surface area is 205 Å². The van der Waals surface area contributed by atoms with Crippen molar-refractivity contribution in [2.45, 2.75) is 52.4 Å². The van der Waals surface area contributed by atoms with Crippen molar-refractivity contribution in [1.29, 1.82) is 0 Å². The van der Waals surface area contributed by atoms with E-state index < -0.39 is 0 Å². The summed E-state index contributed by atoms with van der Waals surface area (Å²) < 4.78 is 0. The van der Waals surface area contributed by atoms with Crippen molar-refractivity contribution in [1.82, 2.24) is 0 Å². The lowest BCUT2D eigenvalue weighted by molar-refractivity contribution is 0.590. The van der Waals surface area contributed by atoms with Crippen LogP contribution in [0, 0.1) is 0 Å². The Morgan fingerprint density at radius 1 is 0.676 bits per heavy atom. The first kappa shape index (κ1) is 23.6. The number of hydrogen-bond acceptors (Lipinski definition) is 2. The molecule has 0 fully saturated rings. The molecule has 0 radical (unpaired) electrons. The Bertz CT molecular complexity index is 1200. The van der Waals surface area contributed by atoms with Gasteiger partial charge in [0.05, 0.1) is 0 Å². The van der Waals surface area contributed by atoms with Gasteiger partial charge in [-0.15, -0.1) is 0 Å². The predicted molar refractivity (Wildman–Crippen MR) is 148 cm³/mol. The van der Waals surface area contributed by atoms with E-state index in [2.05, 4.69) is 111 Å². The van der Waals surface area contributed by atoms with Gasteiger partial charge in [0.2, 0.25) is 0 Å². The molecule has 4 aromatic rings. The molecule has 0 aliphatic heterocycles. The van der Waals surface area contributed by atoms with E-state index in [0.717, 1.165) is 34.6 Å². The van der Waals surface area contributed by atoms with Crippen molar-refractivity contribution in [3.05, 3.63) is 108 Å². The number of nitrogens with zero attached hydrogens (tertiary/aromatic N) is 1. The third kappa shape index (κ3) is 5.51. The molecule has 0 saturated carbocycles. The zero-order valence-electron chi connectivity index (χ0n) is 20.9. The molecule has 2 heteroatoms. The van der Waals surface area contributed by atoms with Gasteiger partial charge in [0.15, 0.2) is 0 Å². The minimum Gasteiger partial charge on any atom is -0.399 e. The van der Waals surface area contributed by atoms with Gasteiger partial charge in [0.1, 0.15) is 0 Å². The number of nitrogens with two attached hydrogens (primary N) is 1. The predicted octanol–water partition coefficient (Wildman–Crippen LogP) is 9.05. The smallest absolute Gasteiger partial charge is 0.0462 e. The molecule has 4 aromatic carbocycles. The number of benzene rings is 4. The molecule has 2 N–H and O–H groups in total. The Hall–Kier alpha value is -3.52. The number of rotatable bonds is 7. The Morgan fingerprint density at radius 2 is 1.24 bits per heavy atom. The number of unbranched alkanes of at least 4 members (excludes halogenated alkanes) is 1. The van der Waals surface area contributed by atoms with Crippen LogP contribution in [0.15, 0.2) is 97.1 Å². The molecule has 0 aliphatic carbocycles. The van der Waals surface area contributed by atoms with Gasteiger partial charge in [-0.3, -0.25) is 0 Å². The van der Waals surface area contributed by atoms with Crippen LogP contribution in [0.1, 0.15) is 51.7 Å². The van der Waals surface area contributed by atoms with E-state index in [1.165, 1.54) is 29.7 Å². The zero-order chi connectivity index (χ0) is 24.1. The summed E-state index contributed by atoms with van der Waals surface area (Å²) >= 11 is 0. The molecule has 0 unspecified atom stereocenters. The maximum Gasteiger partial charge on any atom is 0.0462 e. The standard InChI is InChI=1S/C32H36N2/c1-5-6-8-24-11-17-29(18-12-24)34(31-21-15-27(16-22-31)32(2,3)4)30-19-13-25(14-20-30)26-9-7-10-28(33)23-26/h7,9-23H,5-6,8,33H2,1-4H3. The highest BCUT2D eigenvalue weighted by Gasteiger charge is 2.16. The average molecular weight is 449 g/mol. The van der Waals surface area contributed by atoms with E-state index >= 15 is 0 Å². The van der Waals surface area contributed by atoms with Crippen molar-refractivity contribution >= 4 is 22.7 Å². The van der Waals surface area contributed by atoms with Crippen LogP contribution in [0.3, 0.4) is 0 Å². The van der Waals surface area contributed by atoms with Crippen LogP contribution in [0.4, 0.5) is 22.7 Å². The van der Waals surface area contributed by atoms with E-state index in [4.69, 9.17) is 5.73 Å². The van der Waals surface area contributed by atoms with Gasteiger partial charge in [-0.2, -0.15) is 0 Å². The molecule has 0 atom stereocenters. The molecule has 4 rings (SSSR count). The van der Waals surface area contributed by atoms with Crippen LogP contribution in [0.5, 0.6) is 0 Å². The average Bonchev–Trinajstić information content (AvgIpc) is 2.84. The van der Waals surface area contributed by atoms with Crippen LogP contribution in [-0.4, -0.2) is 0 Å². The van der Waals surface area contributed by atoms with Crippen LogP contribution >= 0.6 is 0 Å². The van der Waals surface area contributed by atoms with E-state index in [9.17, 15) is 0 Å². The van der Waals surface area contributed by atoms with Crippen molar-refractivity contribution in [2.24, 2.45) is 0 Å². The summed E-state index contributed by atoms with van der Waals surface area (Å²) in [4.78, 5) is 2.33. The van der Waals surface area contributed by atoms with E-state index in [1.807, 2.05) is 18.2 Å². The third-order valence-corrected chi connectivity index (χ3v) is 6.35. The normalized spacial score (nSPS) is 11.4. The maximum absolute atomic E-state index is 6.00. The quantitative estimate of drug-likeness (QED) is 0.286. The lowest BCUT2D eigenvalue weighted by Gasteiger charge is -2.27. The van der Waals surface area contributed by atoms with Gasteiger partial charge in [-0.05, 0) is 89.0 Å². The van der Waals surface area contributed by atoms with E-state index in [0.29, 0.717) is 0 Å². The summed E-state index contributed by atoms with van der Waals surface area (Å²) in [5, 5.41) is 0. The van der Waals surface area contributed by atoms with E-state index in [1.54, 1.807) is 0 Å². The first-order chi connectivity index (χ1) is 16.3. The molecule has 34 heavy (non-hydrogen) atoms. The highest BCUT2D eigenvalue weighted by Crippen LogP contribution is 2.37. The summed E-state index contributed by atoms with van der Waals surface area (Å²) in [6, 6.07) is 34.8. The molecule has 174 valence electrons. The first-order valence-electron chi connectivity index (χ1n) is 12.3. The van der Waals surface area contributed by atoms with Crippen molar-refractivity contribution in [2.75, 3.05) is 10.6 Å². The summed E-state index contributed by atoms with van der Waals surface area (Å²) in [6.07, 6.45) is 3.57. The van der Waals surface area contributed by atoms with Gasteiger partial charge >= 0.3 is 0 Å². The van der Waals surface area contributed by atoms with E-state index in [-0.39, 0.29) is 5.41 Å². The topological polar surface area (TPSA) is 29.3 Å².